The number of rotatable bonds is 2. The van der Waals surface area contributed by atoms with Crippen LogP contribution in [0.3, 0.4) is 0 Å². The number of fused-ring (bicyclic) bond motifs is 1. The molecular weight excluding hydrogens is 242 g/mol. The average molecular weight is 252 g/mol. The molecule has 0 bridgehead atoms. The monoisotopic (exact) mass is 251 g/mol. The smallest absolute Gasteiger partial charge is 0.120 e. The third kappa shape index (κ3) is 1.87. The third-order valence-electron chi connectivity index (χ3n) is 1.94. The van der Waals surface area contributed by atoms with Crippen molar-refractivity contribution in [2.45, 2.75) is 6.92 Å². The topological polar surface area (TPSA) is 22.1 Å². The van der Waals surface area contributed by atoms with Gasteiger partial charge in [0.2, 0.25) is 0 Å². The average Bonchev–Trinajstić information content (AvgIpc) is 2.19. The number of ether oxygens (including phenoxy) is 1. The van der Waals surface area contributed by atoms with E-state index in [0.717, 1.165) is 21.3 Å². The fourth-order valence-electron chi connectivity index (χ4n) is 1.34. The van der Waals surface area contributed by atoms with Crippen LogP contribution in [0.15, 0.2) is 34.9 Å². The molecule has 2 nitrogen and oxygen atoms in total. The van der Waals surface area contributed by atoms with E-state index in [4.69, 9.17) is 4.74 Å². The zero-order chi connectivity index (χ0) is 9.97. The van der Waals surface area contributed by atoms with Crippen LogP contribution in [0, 0.1) is 0 Å². The predicted molar refractivity (Wildman–Crippen MR) is 60.6 cm³/mol. The highest BCUT2D eigenvalue weighted by Crippen LogP contribution is 2.21. The van der Waals surface area contributed by atoms with E-state index in [9.17, 15) is 0 Å². The van der Waals surface area contributed by atoms with Gasteiger partial charge in [-0.05, 0) is 53.2 Å². The van der Waals surface area contributed by atoms with Gasteiger partial charge in [0.25, 0.3) is 0 Å². The molecule has 1 aromatic heterocycles. The van der Waals surface area contributed by atoms with E-state index in [0.29, 0.717) is 6.61 Å². The minimum atomic E-state index is 0.690. The Labute approximate surface area is 91.0 Å². The fraction of sp³-hybridized carbons (Fsp3) is 0.182. The number of aromatic nitrogens is 1. The lowest BCUT2D eigenvalue weighted by Gasteiger charge is -2.04. The van der Waals surface area contributed by atoms with Gasteiger partial charge in [-0.15, -0.1) is 0 Å². The van der Waals surface area contributed by atoms with Gasteiger partial charge >= 0.3 is 0 Å². The molecule has 2 aromatic rings. The molecule has 0 spiro atoms. The Kier molecular flexibility index (Phi) is 2.68. The standard InChI is InChI=1S/C11H10BrNO/c1-2-14-9-4-5-10-8(7-9)3-6-11(12)13-10/h3-7H,2H2,1H3. The Morgan fingerprint density at radius 2 is 2.14 bits per heavy atom. The molecule has 0 unspecified atom stereocenters. The Morgan fingerprint density at radius 1 is 1.29 bits per heavy atom. The van der Waals surface area contributed by atoms with Crippen LogP contribution >= 0.6 is 15.9 Å². The minimum Gasteiger partial charge on any atom is -0.494 e. The molecule has 72 valence electrons. The van der Waals surface area contributed by atoms with E-state index >= 15 is 0 Å². The van der Waals surface area contributed by atoms with E-state index in [2.05, 4.69) is 20.9 Å². The highest BCUT2D eigenvalue weighted by molar-refractivity contribution is 9.10. The number of hydrogen-bond acceptors (Lipinski definition) is 2. The molecular formula is C11H10BrNO. The predicted octanol–water partition coefficient (Wildman–Crippen LogP) is 3.40. The van der Waals surface area contributed by atoms with E-state index in [1.165, 1.54) is 0 Å². The van der Waals surface area contributed by atoms with E-state index < -0.39 is 0 Å². The minimum absolute atomic E-state index is 0.690. The molecule has 0 saturated carbocycles. The normalized spacial score (nSPS) is 10.4. The van der Waals surface area contributed by atoms with Crippen molar-refractivity contribution in [2.75, 3.05) is 6.61 Å². The summed E-state index contributed by atoms with van der Waals surface area (Å²) in [7, 11) is 0. The van der Waals surface area contributed by atoms with E-state index in [1.54, 1.807) is 0 Å². The summed E-state index contributed by atoms with van der Waals surface area (Å²) in [5, 5.41) is 1.10. The molecule has 0 aliphatic carbocycles. The summed E-state index contributed by atoms with van der Waals surface area (Å²) in [6.45, 7) is 2.67. The molecule has 1 aromatic carbocycles. The van der Waals surface area contributed by atoms with Crippen molar-refractivity contribution in [3.63, 3.8) is 0 Å². The number of benzene rings is 1. The van der Waals surface area contributed by atoms with Crippen LogP contribution in [-0.2, 0) is 0 Å². The van der Waals surface area contributed by atoms with Gasteiger partial charge < -0.3 is 4.74 Å². The maximum Gasteiger partial charge on any atom is 0.120 e. The molecule has 0 radical (unpaired) electrons. The first-order valence-corrected chi connectivity index (χ1v) is 5.28. The van der Waals surface area contributed by atoms with Crippen molar-refractivity contribution in [3.8, 4) is 5.75 Å². The summed E-state index contributed by atoms with van der Waals surface area (Å²) in [6.07, 6.45) is 0. The molecule has 0 N–H and O–H groups in total. The lowest BCUT2D eigenvalue weighted by molar-refractivity contribution is 0.340. The van der Waals surface area contributed by atoms with Gasteiger partial charge in [0.05, 0.1) is 12.1 Å². The van der Waals surface area contributed by atoms with Gasteiger partial charge in [0, 0.05) is 5.39 Å². The van der Waals surface area contributed by atoms with Gasteiger partial charge in [0.1, 0.15) is 10.4 Å². The summed E-state index contributed by atoms with van der Waals surface area (Å²) in [5.74, 6) is 0.893. The summed E-state index contributed by atoms with van der Waals surface area (Å²) in [6, 6.07) is 9.85. The second-order valence-corrected chi connectivity index (χ2v) is 3.73. The zero-order valence-corrected chi connectivity index (χ0v) is 9.41. The van der Waals surface area contributed by atoms with Gasteiger partial charge in [-0.25, -0.2) is 4.98 Å². The van der Waals surface area contributed by atoms with Crippen LogP contribution in [0.5, 0.6) is 5.75 Å². The largest absolute Gasteiger partial charge is 0.494 e. The lowest BCUT2D eigenvalue weighted by atomic mass is 10.2. The first kappa shape index (κ1) is 9.46. The highest BCUT2D eigenvalue weighted by Gasteiger charge is 1.98. The van der Waals surface area contributed by atoms with Gasteiger partial charge in [-0.1, -0.05) is 0 Å². The SMILES string of the molecule is CCOc1ccc2nc(Br)ccc2c1. The molecule has 1 heterocycles. The highest BCUT2D eigenvalue weighted by atomic mass is 79.9. The number of pyridine rings is 1. The molecule has 2 rings (SSSR count). The second-order valence-electron chi connectivity index (χ2n) is 2.92. The van der Waals surface area contributed by atoms with Gasteiger partial charge in [-0.2, -0.15) is 0 Å². The van der Waals surface area contributed by atoms with Crippen LogP contribution in [0.4, 0.5) is 0 Å². The summed E-state index contributed by atoms with van der Waals surface area (Å²) in [5.41, 5.74) is 0.975. The molecule has 0 fully saturated rings. The Balaban J connectivity index is 2.50. The second kappa shape index (κ2) is 3.96. The lowest BCUT2D eigenvalue weighted by Crippen LogP contribution is -1.91. The summed E-state index contributed by atoms with van der Waals surface area (Å²) >= 11 is 3.34. The maximum absolute atomic E-state index is 5.40. The zero-order valence-electron chi connectivity index (χ0n) is 7.83. The summed E-state index contributed by atoms with van der Waals surface area (Å²) < 4.78 is 6.26. The number of nitrogens with zero attached hydrogens (tertiary/aromatic N) is 1. The molecule has 0 atom stereocenters. The van der Waals surface area contributed by atoms with E-state index in [-0.39, 0.29) is 0 Å². The fourth-order valence-corrected chi connectivity index (χ4v) is 1.66. The van der Waals surface area contributed by atoms with Gasteiger partial charge in [0.15, 0.2) is 0 Å². The maximum atomic E-state index is 5.40. The van der Waals surface area contributed by atoms with Gasteiger partial charge in [-0.3, -0.25) is 0 Å². The quantitative estimate of drug-likeness (QED) is 0.764. The Bertz CT molecular complexity index is 456. The van der Waals surface area contributed by atoms with Crippen LogP contribution < -0.4 is 4.74 Å². The molecule has 14 heavy (non-hydrogen) atoms. The molecule has 0 aliphatic heterocycles. The van der Waals surface area contributed by atoms with Crippen molar-refractivity contribution in [1.29, 1.82) is 0 Å². The first-order valence-electron chi connectivity index (χ1n) is 4.48. The number of halogens is 1. The molecule has 3 heteroatoms. The van der Waals surface area contributed by atoms with Crippen LogP contribution in [-0.4, -0.2) is 11.6 Å². The number of hydrogen-bond donors (Lipinski definition) is 0. The van der Waals surface area contributed by atoms with Crippen LogP contribution in [0.2, 0.25) is 0 Å². The van der Waals surface area contributed by atoms with Crippen molar-refractivity contribution in [3.05, 3.63) is 34.9 Å². The van der Waals surface area contributed by atoms with Crippen molar-refractivity contribution in [1.82, 2.24) is 4.98 Å². The Hall–Kier alpha value is -1.09. The molecule has 0 aliphatic rings. The van der Waals surface area contributed by atoms with Crippen LogP contribution in [0.1, 0.15) is 6.92 Å². The molecule has 0 saturated heterocycles. The summed E-state index contributed by atoms with van der Waals surface area (Å²) in [4.78, 5) is 4.34. The third-order valence-corrected chi connectivity index (χ3v) is 2.38. The van der Waals surface area contributed by atoms with Crippen molar-refractivity contribution < 1.29 is 4.74 Å². The van der Waals surface area contributed by atoms with Crippen molar-refractivity contribution in [2.24, 2.45) is 0 Å². The Morgan fingerprint density at radius 3 is 2.93 bits per heavy atom. The van der Waals surface area contributed by atoms with E-state index in [1.807, 2.05) is 37.3 Å². The molecule has 0 amide bonds. The van der Waals surface area contributed by atoms with Crippen molar-refractivity contribution >= 4 is 26.8 Å². The first-order chi connectivity index (χ1) is 6.79. The van der Waals surface area contributed by atoms with Crippen LogP contribution in [0.25, 0.3) is 10.9 Å².